The Labute approximate surface area is 134 Å². The van der Waals surface area contributed by atoms with E-state index in [2.05, 4.69) is 5.32 Å². The number of benzene rings is 1. The number of imide groups is 1. The number of carbonyl (C=O) groups is 4. The highest BCUT2D eigenvalue weighted by molar-refractivity contribution is 8.76. The van der Waals surface area contributed by atoms with E-state index in [9.17, 15) is 19.2 Å². The van der Waals surface area contributed by atoms with E-state index in [1.165, 1.54) is 6.92 Å². The van der Waals surface area contributed by atoms with Crippen LogP contribution in [0.4, 0.5) is 0 Å². The Kier molecular flexibility index (Phi) is 5.09. The van der Waals surface area contributed by atoms with Crippen molar-refractivity contribution in [1.29, 1.82) is 0 Å². The first-order valence-electron chi connectivity index (χ1n) is 6.19. The van der Waals surface area contributed by atoms with E-state index in [4.69, 9.17) is 5.11 Å². The third-order valence-corrected chi connectivity index (χ3v) is 5.02. The molecule has 22 heavy (non-hydrogen) atoms. The molecule has 0 aliphatic carbocycles. The van der Waals surface area contributed by atoms with Crippen LogP contribution in [-0.2, 0) is 9.59 Å². The maximum atomic E-state index is 12.1. The fourth-order valence-corrected chi connectivity index (χ4v) is 3.98. The zero-order chi connectivity index (χ0) is 16.3. The second-order valence-corrected chi connectivity index (χ2v) is 6.64. The van der Waals surface area contributed by atoms with Gasteiger partial charge in [0.05, 0.1) is 11.1 Å². The minimum Gasteiger partial charge on any atom is -0.480 e. The Hall–Kier alpha value is -2.00. The summed E-state index contributed by atoms with van der Waals surface area (Å²) in [6.07, 6.45) is 0. The number of carboxylic acids is 1. The minimum absolute atomic E-state index is 0.0208. The zero-order valence-corrected chi connectivity index (χ0v) is 13.1. The molecule has 1 aliphatic rings. The summed E-state index contributed by atoms with van der Waals surface area (Å²) in [5.41, 5.74) is 0.662. The lowest BCUT2D eigenvalue weighted by Gasteiger charge is -2.15. The quantitative estimate of drug-likeness (QED) is 0.455. The van der Waals surface area contributed by atoms with Crippen LogP contribution in [-0.4, -0.2) is 44.9 Å². The largest absolute Gasteiger partial charge is 0.480 e. The van der Waals surface area contributed by atoms with Crippen LogP contribution >= 0.6 is 21.8 Å². The average molecular weight is 340 g/mol. The lowest BCUT2D eigenvalue weighted by molar-refractivity contribution is -0.140. The molecule has 2 N–H and O–H groups in total. The summed E-state index contributed by atoms with van der Waals surface area (Å²) < 4.78 is 0.988. The molecule has 0 bridgehead atoms. The van der Waals surface area contributed by atoms with Crippen molar-refractivity contribution in [2.24, 2.45) is 0 Å². The number of carbonyl (C=O) groups excluding carboxylic acids is 3. The van der Waals surface area contributed by atoms with E-state index in [0.29, 0.717) is 11.1 Å². The summed E-state index contributed by atoms with van der Waals surface area (Å²) in [5.74, 6) is -2.47. The standard InChI is InChI=1S/C13H12N2O5S2/c1-7(16)14-10(13(19)20)6-21-22-15-11(17)8-4-2-3-5-9(8)12(15)18/h2-5,10H,6H2,1H3,(H,14,16)(H,19,20)/t10-/m0/s1. The number of fused-ring (bicyclic) bond motifs is 1. The molecular weight excluding hydrogens is 328 g/mol. The lowest BCUT2D eigenvalue weighted by atomic mass is 10.1. The molecule has 0 unspecified atom stereocenters. The summed E-state index contributed by atoms with van der Waals surface area (Å²) in [7, 11) is 1.88. The summed E-state index contributed by atoms with van der Waals surface area (Å²) in [6, 6.07) is 5.40. The van der Waals surface area contributed by atoms with Gasteiger partial charge in [-0.3, -0.25) is 14.4 Å². The van der Waals surface area contributed by atoms with Gasteiger partial charge in [0.1, 0.15) is 6.04 Å². The molecule has 116 valence electrons. The first-order chi connectivity index (χ1) is 10.4. The highest BCUT2D eigenvalue weighted by atomic mass is 33.1. The molecule has 0 spiro atoms. The number of hydrogen-bond acceptors (Lipinski definition) is 6. The maximum Gasteiger partial charge on any atom is 0.327 e. The first kappa shape index (κ1) is 16.4. The van der Waals surface area contributed by atoms with Gasteiger partial charge in [-0.15, -0.1) is 0 Å². The molecule has 1 atom stereocenters. The fraction of sp³-hybridized carbons (Fsp3) is 0.231. The van der Waals surface area contributed by atoms with Crippen LogP contribution < -0.4 is 5.32 Å². The number of aliphatic carboxylic acids is 1. The third kappa shape index (κ3) is 3.42. The molecule has 7 nitrogen and oxygen atoms in total. The van der Waals surface area contributed by atoms with Crippen LogP contribution in [0.3, 0.4) is 0 Å². The van der Waals surface area contributed by atoms with Crippen molar-refractivity contribution in [1.82, 2.24) is 9.62 Å². The van der Waals surface area contributed by atoms with Gasteiger partial charge in [0.15, 0.2) is 0 Å². The minimum atomic E-state index is -1.18. The Balaban J connectivity index is 1.96. The fourth-order valence-electron chi connectivity index (χ4n) is 1.81. The second kappa shape index (κ2) is 6.84. The molecule has 0 saturated heterocycles. The topological polar surface area (TPSA) is 104 Å². The number of hydrogen-bond donors (Lipinski definition) is 2. The van der Waals surface area contributed by atoms with Crippen molar-refractivity contribution in [2.75, 3.05) is 5.75 Å². The van der Waals surface area contributed by atoms with E-state index in [1.807, 2.05) is 0 Å². The molecule has 9 heteroatoms. The number of rotatable bonds is 6. The smallest absolute Gasteiger partial charge is 0.327 e. The Bertz CT molecular complexity index is 614. The average Bonchev–Trinajstić information content (AvgIpc) is 2.71. The van der Waals surface area contributed by atoms with Crippen molar-refractivity contribution in [3.05, 3.63) is 35.4 Å². The molecule has 1 aromatic rings. The van der Waals surface area contributed by atoms with Crippen LogP contribution in [0.25, 0.3) is 0 Å². The highest BCUT2D eigenvalue weighted by Crippen LogP contribution is 2.34. The van der Waals surface area contributed by atoms with E-state index in [1.54, 1.807) is 24.3 Å². The second-order valence-electron chi connectivity index (χ2n) is 4.40. The van der Waals surface area contributed by atoms with Gasteiger partial charge in [0.2, 0.25) is 5.91 Å². The van der Waals surface area contributed by atoms with Crippen molar-refractivity contribution in [3.63, 3.8) is 0 Å². The summed E-state index contributed by atoms with van der Waals surface area (Å²) in [6.45, 7) is 1.22. The molecule has 2 rings (SSSR count). The van der Waals surface area contributed by atoms with Gasteiger partial charge >= 0.3 is 5.97 Å². The number of amides is 3. The van der Waals surface area contributed by atoms with Crippen molar-refractivity contribution >= 4 is 45.5 Å². The molecule has 0 radical (unpaired) electrons. The SMILES string of the molecule is CC(=O)N[C@@H](CSSN1C(=O)c2ccccc2C1=O)C(=O)O. The Morgan fingerprint density at radius 1 is 1.23 bits per heavy atom. The molecule has 0 fully saturated rings. The molecule has 0 saturated carbocycles. The molecule has 3 amide bonds. The van der Waals surface area contributed by atoms with Crippen molar-refractivity contribution in [2.45, 2.75) is 13.0 Å². The van der Waals surface area contributed by atoms with Gasteiger partial charge in [-0.2, -0.15) is 0 Å². The molecule has 1 aliphatic heterocycles. The molecular formula is C13H12N2O5S2. The van der Waals surface area contributed by atoms with E-state index >= 15 is 0 Å². The molecule has 1 aromatic carbocycles. The summed E-state index contributed by atoms with van der Waals surface area (Å²) >= 11 is 0. The Morgan fingerprint density at radius 2 is 1.77 bits per heavy atom. The van der Waals surface area contributed by atoms with Crippen LogP contribution in [0.1, 0.15) is 27.6 Å². The predicted octanol–water partition coefficient (Wildman–Crippen LogP) is 1.17. The van der Waals surface area contributed by atoms with Gasteiger partial charge < -0.3 is 10.4 Å². The summed E-state index contributed by atoms with van der Waals surface area (Å²) in [4.78, 5) is 46.1. The van der Waals surface area contributed by atoms with Crippen LogP contribution in [0, 0.1) is 0 Å². The third-order valence-electron chi connectivity index (χ3n) is 2.79. The monoisotopic (exact) mass is 340 g/mol. The van der Waals surface area contributed by atoms with Gasteiger partial charge in [0, 0.05) is 23.7 Å². The van der Waals surface area contributed by atoms with Crippen LogP contribution in [0.15, 0.2) is 24.3 Å². The van der Waals surface area contributed by atoms with Gasteiger partial charge in [0.25, 0.3) is 11.8 Å². The lowest BCUT2D eigenvalue weighted by Crippen LogP contribution is -2.41. The number of nitrogens with zero attached hydrogens (tertiary/aromatic N) is 1. The van der Waals surface area contributed by atoms with Gasteiger partial charge in [-0.1, -0.05) is 22.9 Å². The van der Waals surface area contributed by atoms with E-state index < -0.39 is 29.7 Å². The maximum absolute atomic E-state index is 12.1. The highest BCUT2D eigenvalue weighted by Gasteiger charge is 2.36. The predicted molar refractivity (Wildman–Crippen MR) is 82.2 cm³/mol. The molecule has 1 heterocycles. The van der Waals surface area contributed by atoms with E-state index in [0.717, 1.165) is 26.1 Å². The normalized spacial score (nSPS) is 14.7. The zero-order valence-electron chi connectivity index (χ0n) is 11.4. The van der Waals surface area contributed by atoms with Crippen molar-refractivity contribution < 1.29 is 24.3 Å². The Morgan fingerprint density at radius 3 is 2.23 bits per heavy atom. The first-order valence-corrected chi connectivity index (χ1v) is 8.46. The van der Waals surface area contributed by atoms with E-state index in [-0.39, 0.29) is 5.75 Å². The van der Waals surface area contributed by atoms with Crippen LogP contribution in [0.5, 0.6) is 0 Å². The molecule has 0 aromatic heterocycles. The van der Waals surface area contributed by atoms with Gasteiger partial charge in [-0.05, 0) is 12.1 Å². The van der Waals surface area contributed by atoms with Crippen LogP contribution in [0.2, 0.25) is 0 Å². The van der Waals surface area contributed by atoms with Gasteiger partial charge in [-0.25, -0.2) is 9.10 Å². The number of carboxylic acid groups (broad SMARTS) is 1. The summed E-state index contributed by atoms with van der Waals surface area (Å²) in [5, 5.41) is 11.3. The van der Waals surface area contributed by atoms with Crippen molar-refractivity contribution in [3.8, 4) is 0 Å². The number of nitrogens with one attached hydrogen (secondary N) is 1.